The summed E-state index contributed by atoms with van der Waals surface area (Å²) in [5.74, 6) is 0.977. The van der Waals surface area contributed by atoms with Gasteiger partial charge in [0, 0.05) is 25.6 Å². The first-order valence-electron chi connectivity index (χ1n) is 18.8. The van der Waals surface area contributed by atoms with Crippen LogP contribution in [0.15, 0.2) is 140 Å². The number of nitrogens with zero attached hydrogens (tertiary/aromatic N) is 2. The van der Waals surface area contributed by atoms with Crippen molar-refractivity contribution in [2.45, 2.75) is 32.5 Å². The zero-order chi connectivity index (χ0) is 36.0. The number of imidazole rings is 1. The molecule has 0 bridgehead atoms. The van der Waals surface area contributed by atoms with E-state index in [1.807, 2.05) is 66.7 Å². The first-order valence-corrected chi connectivity index (χ1v) is 15.8. The van der Waals surface area contributed by atoms with E-state index in [0.29, 0.717) is 22.3 Å². The van der Waals surface area contributed by atoms with Crippen molar-refractivity contribution in [1.29, 1.82) is 0 Å². The Balaban J connectivity index is 1.36. The molecule has 0 aliphatic heterocycles. The highest BCUT2D eigenvalue weighted by Gasteiger charge is 2.35. The highest BCUT2D eigenvalue weighted by Crippen LogP contribution is 2.51. The van der Waals surface area contributed by atoms with Crippen LogP contribution in [0.3, 0.4) is 0 Å². The fourth-order valence-corrected chi connectivity index (χ4v) is 7.63. The minimum Gasteiger partial charge on any atom is -0.296 e. The summed E-state index contributed by atoms with van der Waals surface area (Å²) >= 11 is 0. The number of aryl methyl sites for hydroxylation is 1. The molecule has 1 heterocycles. The van der Waals surface area contributed by atoms with Crippen LogP contribution in [0.2, 0.25) is 0 Å². The third-order valence-corrected chi connectivity index (χ3v) is 9.63. The molecule has 7 aromatic carbocycles. The van der Waals surface area contributed by atoms with Gasteiger partial charge in [0.05, 0.1) is 16.7 Å². The Morgan fingerprint density at radius 1 is 0.587 bits per heavy atom. The van der Waals surface area contributed by atoms with E-state index < -0.39 is 19.1 Å². The van der Waals surface area contributed by atoms with E-state index in [9.17, 15) is 0 Å². The van der Waals surface area contributed by atoms with Crippen molar-refractivity contribution in [3.8, 4) is 39.1 Å². The second-order valence-corrected chi connectivity index (χ2v) is 12.1. The lowest BCUT2D eigenvalue weighted by Gasteiger charge is -2.23. The third kappa shape index (κ3) is 3.74. The summed E-state index contributed by atoms with van der Waals surface area (Å²) in [6.07, 6.45) is 0.764. The molecule has 8 aromatic rings. The molecule has 0 radical (unpaired) electrons. The van der Waals surface area contributed by atoms with Crippen molar-refractivity contribution < 1.29 is 8.22 Å². The number of aromatic nitrogens is 2. The Bertz CT molecular complexity index is 2650. The maximum absolute atomic E-state index is 8.78. The van der Waals surface area contributed by atoms with E-state index in [-0.39, 0.29) is 0 Å². The lowest BCUT2D eigenvalue weighted by molar-refractivity contribution is 0.660. The van der Waals surface area contributed by atoms with Gasteiger partial charge in [-0.1, -0.05) is 136 Å². The number of para-hydroxylation sites is 3. The van der Waals surface area contributed by atoms with Gasteiger partial charge in [-0.15, -0.1) is 0 Å². The van der Waals surface area contributed by atoms with Crippen LogP contribution in [0.25, 0.3) is 71.6 Å². The molecule has 2 nitrogen and oxygen atoms in total. The summed E-state index contributed by atoms with van der Waals surface area (Å²) in [6.45, 7) is -3.56. The van der Waals surface area contributed by atoms with Gasteiger partial charge in [0.25, 0.3) is 0 Å². The van der Waals surface area contributed by atoms with Crippen LogP contribution in [-0.2, 0) is 11.8 Å². The highest BCUT2D eigenvalue weighted by molar-refractivity contribution is 6.22. The second kappa shape index (κ2) is 10.0. The normalized spacial score (nSPS) is 15.8. The molecule has 0 N–H and O–H groups in total. The van der Waals surface area contributed by atoms with Gasteiger partial charge in [0.1, 0.15) is 5.82 Å². The lowest BCUT2D eigenvalue weighted by Crippen LogP contribution is -2.14. The molecule has 0 spiro atoms. The van der Waals surface area contributed by atoms with Crippen molar-refractivity contribution in [2.75, 3.05) is 0 Å². The molecule has 0 saturated heterocycles. The van der Waals surface area contributed by atoms with Gasteiger partial charge in [0.2, 0.25) is 0 Å². The van der Waals surface area contributed by atoms with Crippen molar-refractivity contribution in [3.63, 3.8) is 0 Å². The minimum atomic E-state index is -2.84. The zero-order valence-corrected chi connectivity index (χ0v) is 25.4. The molecule has 9 rings (SSSR count). The molecule has 0 unspecified atom stereocenters. The number of rotatable bonds is 4. The van der Waals surface area contributed by atoms with Gasteiger partial charge in [0.15, 0.2) is 0 Å². The topological polar surface area (TPSA) is 17.8 Å². The Labute approximate surface area is 278 Å². The van der Waals surface area contributed by atoms with Crippen LogP contribution in [0.5, 0.6) is 0 Å². The predicted octanol–water partition coefficient (Wildman–Crippen LogP) is 11.5. The molecule has 1 aliphatic rings. The molecule has 0 saturated carbocycles. The van der Waals surface area contributed by atoms with Crippen LogP contribution in [0.1, 0.15) is 45.8 Å². The lowest BCUT2D eigenvalue weighted by atomic mass is 9.80. The zero-order valence-electron chi connectivity index (χ0n) is 31.4. The molecular weight excluding hydrogens is 556 g/mol. The van der Waals surface area contributed by atoms with Crippen LogP contribution < -0.4 is 0 Å². The summed E-state index contributed by atoms with van der Waals surface area (Å²) in [5.41, 5.74) is 6.61. The van der Waals surface area contributed by atoms with E-state index in [0.717, 1.165) is 72.8 Å². The monoisotopic (exact) mass is 596 g/mol. The fraction of sp³-hybridized carbons (Fsp3) is 0.114. The third-order valence-electron chi connectivity index (χ3n) is 9.63. The molecule has 0 fully saturated rings. The van der Waals surface area contributed by atoms with Gasteiger partial charge in [-0.05, 0) is 84.8 Å². The SMILES string of the molecule is [2H]C([2H])([2H])C1(C([2H])([2H])[2H])c2ccccc2-c2ccc(-c3c4ccccc4c(-c4ccccc4-n4c(CC)nc5ccccc54)c4ccccc34)cc21. The standard InChI is InChI=1S/C44H34N2/c1-4-41-45-38-22-12-14-24-40(38)46(41)39-23-13-10-20-35(39)43-33-18-7-5-16-31(33)42(32-17-6-8-19-34(32)43)28-25-26-30-29-15-9-11-21-36(29)44(2,3)37(30)27-28/h5-27H,4H2,1-3H3/i2D3,3D3. The molecule has 46 heavy (non-hydrogen) atoms. The fourth-order valence-electron chi connectivity index (χ4n) is 7.63. The Morgan fingerprint density at radius 2 is 1.17 bits per heavy atom. The summed E-state index contributed by atoms with van der Waals surface area (Å²) in [7, 11) is 0. The van der Waals surface area contributed by atoms with Crippen molar-refractivity contribution in [3.05, 3.63) is 156 Å². The van der Waals surface area contributed by atoms with Gasteiger partial charge < -0.3 is 0 Å². The van der Waals surface area contributed by atoms with Gasteiger partial charge in [-0.2, -0.15) is 0 Å². The summed E-state index contributed by atoms with van der Waals surface area (Å²) < 4.78 is 55.0. The number of hydrogen-bond acceptors (Lipinski definition) is 1. The molecule has 220 valence electrons. The Hall–Kier alpha value is -5.47. The molecular formula is C44H34N2. The van der Waals surface area contributed by atoms with Gasteiger partial charge >= 0.3 is 0 Å². The van der Waals surface area contributed by atoms with Gasteiger partial charge in [-0.25, -0.2) is 4.98 Å². The van der Waals surface area contributed by atoms with E-state index >= 15 is 0 Å². The van der Waals surface area contributed by atoms with E-state index in [1.165, 1.54) is 0 Å². The number of fused-ring (bicyclic) bond motifs is 6. The number of hydrogen-bond donors (Lipinski definition) is 0. The first kappa shape index (κ1) is 21.3. The molecule has 0 atom stereocenters. The summed E-state index contributed by atoms with van der Waals surface area (Å²) in [6, 6.07) is 46.1. The smallest absolute Gasteiger partial charge is 0.114 e. The first-order chi connectivity index (χ1) is 25.1. The maximum atomic E-state index is 8.78. The largest absolute Gasteiger partial charge is 0.296 e. The summed E-state index contributed by atoms with van der Waals surface area (Å²) in [5, 5.41) is 4.04. The van der Waals surface area contributed by atoms with Crippen LogP contribution >= 0.6 is 0 Å². The van der Waals surface area contributed by atoms with Crippen molar-refractivity contribution in [2.24, 2.45) is 0 Å². The Kier molecular flexibility index (Phi) is 4.64. The van der Waals surface area contributed by atoms with E-state index in [2.05, 4.69) is 72.2 Å². The van der Waals surface area contributed by atoms with E-state index in [4.69, 9.17) is 13.2 Å². The van der Waals surface area contributed by atoms with Crippen LogP contribution in [0, 0.1) is 0 Å². The van der Waals surface area contributed by atoms with Crippen LogP contribution in [-0.4, -0.2) is 9.55 Å². The second-order valence-electron chi connectivity index (χ2n) is 12.1. The predicted molar refractivity (Wildman–Crippen MR) is 194 cm³/mol. The average molecular weight is 597 g/mol. The minimum absolute atomic E-state index is 0.313. The average Bonchev–Trinajstić information content (AvgIpc) is 3.67. The molecule has 1 aromatic heterocycles. The highest BCUT2D eigenvalue weighted by atomic mass is 15.1. The molecule has 0 amide bonds. The molecule has 1 aliphatic carbocycles. The van der Waals surface area contributed by atoms with Gasteiger partial charge in [-0.3, -0.25) is 4.57 Å². The number of benzene rings is 7. The van der Waals surface area contributed by atoms with Crippen molar-refractivity contribution in [1.82, 2.24) is 9.55 Å². The summed E-state index contributed by atoms with van der Waals surface area (Å²) in [4.78, 5) is 4.99. The van der Waals surface area contributed by atoms with E-state index in [1.54, 1.807) is 12.1 Å². The molecule has 2 heteroatoms. The van der Waals surface area contributed by atoms with Crippen molar-refractivity contribution >= 4 is 32.6 Å². The van der Waals surface area contributed by atoms with Crippen LogP contribution in [0.4, 0.5) is 0 Å². The Morgan fingerprint density at radius 3 is 1.89 bits per heavy atom. The maximum Gasteiger partial charge on any atom is 0.114 e. The quantitative estimate of drug-likeness (QED) is 0.185.